The number of ether oxygens (including phenoxy) is 4. The average Bonchev–Trinajstić information content (AvgIpc) is 3.08. The summed E-state index contributed by atoms with van der Waals surface area (Å²) in [4.78, 5) is 18.8. The van der Waals surface area contributed by atoms with Crippen LogP contribution in [0.4, 0.5) is 0 Å². The van der Waals surface area contributed by atoms with E-state index in [1.807, 2.05) is 26.0 Å². The van der Waals surface area contributed by atoms with Gasteiger partial charge < -0.3 is 27.9 Å². The molecule has 0 radical (unpaired) electrons. The van der Waals surface area contributed by atoms with Crippen molar-refractivity contribution in [3.05, 3.63) is 46.7 Å². The zero-order valence-corrected chi connectivity index (χ0v) is 20.4. The van der Waals surface area contributed by atoms with E-state index in [1.165, 1.54) is 14.2 Å². The molecule has 0 amide bonds. The van der Waals surface area contributed by atoms with Crippen LogP contribution in [0.5, 0.6) is 28.7 Å². The molecule has 0 bridgehead atoms. The highest BCUT2D eigenvalue weighted by atomic mass is 31.2. The number of benzene rings is 2. The minimum atomic E-state index is -4.87. The van der Waals surface area contributed by atoms with Gasteiger partial charge in [0, 0.05) is 10.9 Å². The van der Waals surface area contributed by atoms with E-state index in [0.29, 0.717) is 28.4 Å². The lowest BCUT2D eigenvalue weighted by atomic mass is 9.91. The van der Waals surface area contributed by atoms with Crippen molar-refractivity contribution < 1.29 is 42.2 Å². The highest BCUT2D eigenvalue weighted by Crippen LogP contribution is 2.50. The molecule has 0 atom stereocenters. The van der Waals surface area contributed by atoms with E-state index < -0.39 is 7.82 Å². The molecule has 0 fully saturated rings. The lowest BCUT2D eigenvalue weighted by Crippen LogP contribution is -1.99. The highest BCUT2D eigenvalue weighted by molar-refractivity contribution is 7.46. The Morgan fingerprint density at radius 3 is 1.91 bits per heavy atom. The molecule has 10 heteroatoms. The number of hydrogen-bond donors (Lipinski definition) is 2. The lowest BCUT2D eigenvalue weighted by molar-refractivity contribution is 0.276. The van der Waals surface area contributed by atoms with Crippen LogP contribution in [-0.2, 0) is 4.57 Å². The second-order valence-electron chi connectivity index (χ2n) is 7.38. The molecule has 0 saturated heterocycles. The smallest absolute Gasteiger partial charge is 0.493 e. The Bertz CT molecular complexity index is 1240. The Kier molecular flexibility index (Phi) is 6.97. The first-order chi connectivity index (χ1) is 15.6. The van der Waals surface area contributed by atoms with Gasteiger partial charge in [0.2, 0.25) is 11.5 Å². The van der Waals surface area contributed by atoms with Crippen LogP contribution in [-0.4, -0.2) is 38.2 Å². The van der Waals surface area contributed by atoms with Gasteiger partial charge in [0.15, 0.2) is 22.8 Å². The van der Waals surface area contributed by atoms with Crippen molar-refractivity contribution in [3.63, 3.8) is 0 Å². The number of rotatable bonds is 8. The number of methoxy groups -OCH3 is 4. The average molecular weight is 478 g/mol. The number of fused-ring (bicyclic) bond motifs is 1. The quantitative estimate of drug-likeness (QED) is 0.427. The van der Waals surface area contributed by atoms with Gasteiger partial charge in [-0.1, -0.05) is 5.57 Å². The van der Waals surface area contributed by atoms with Crippen LogP contribution in [0.1, 0.15) is 30.7 Å². The summed E-state index contributed by atoms with van der Waals surface area (Å²) in [5, 5.41) is 0.599. The van der Waals surface area contributed by atoms with E-state index in [1.54, 1.807) is 33.3 Å². The van der Waals surface area contributed by atoms with E-state index in [9.17, 15) is 14.4 Å². The van der Waals surface area contributed by atoms with Crippen molar-refractivity contribution in [3.8, 4) is 28.7 Å². The second-order valence-corrected chi connectivity index (χ2v) is 8.54. The maximum Gasteiger partial charge on any atom is 0.525 e. The van der Waals surface area contributed by atoms with Crippen LogP contribution in [0.15, 0.2) is 34.3 Å². The van der Waals surface area contributed by atoms with Crippen LogP contribution >= 0.6 is 7.82 Å². The molecule has 9 nitrogen and oxygen atoms in total. The molecule has 0 spiro atoms. The Morgan fingerprint density at radius 1 is 0.879 bits per heavy atom. The van der Waals surface area contributed by atoms with Crippen molar-refractivity contribution in [1.82, 2.24) is 0 Å². The fraction of sp³-hybridized carbons (Fsp3) is 0.304. The molecule has 0 saturated carbocycles. The summed E-state index contributed by atoms with van der Waals surface area (Å²) in [5.74, 6) is 1.94. The van der Waals surface area contributed by atoms with Crippen molar-refractivity contribution in [1.29, 1.82) is 0 Å². The largest absolute Gasteiger partial charge is 0.525 e. The van der Waals surface area contributed by atoms with Gasteiger partial charge in [-0.3, -0.25) is 9.79 Å². The van der Waals surface area contributed by atoms with E-state index in [2.05, 4.69) is 0 Å². The minimum Gasteiger partial charge on any atom is -0.493 e. The zero-order chi connectivity index (χ0) is 24.5. The molecule has 0 aliphatic heterocycles. The van der Waals surface area contributed by atoms with Gasteiger partial charge in [-0.15, -0.1) is 0 Å². The Balaban J connectivity index is 2.35. The van der Waals surface area contributed by atoms with Crippen molar-refractivity contribution in [2.75, 3.05) is 28.4 Å². The standard InChI is InChI=1S/C23H27O9P/c1-12(2)19(14-10-17(28-5)22(30-7)18(11-14)29-6)20-13(3)31-21-15(20)8-9-16(27-4)23(21)32-33(24,25)26/h8-11H,1-7H3,(H2,24,25,26). The summed E-state index contributed by atoms with van der Waals surface area (Å²) < 4.78 is 44.2. The third kappa shape index (κ3) is 4.66. The molecule has 1 aromatic heterocycles. The van der Waals surface area contributed by atoms with Gasteiger partial charge in [0.1, 0.15) is 5.76 Å². The van der Waals surface area contributed by atoms with E-state index >= 15 is 0 Å². The normalized spacial score (nSPS) is 11.3. The minimum absolute atomic E-state index is 0.137. The number of allylic oxidation sites excluding steroid dienone is 1. The molecule has 0 aliphatic rings. The number of hydrogen-bond acceptors (Lipinski definition) is 7. The van der Waals surface area contributed by atoms with E-state index in [4.69, 9.17) is 27.9 Å². The number of phosphoric acid groups is 1. The van der Waals surface area contributed by atoms with Crippen LogP contribution in [0.25, 0.3) is 16.5 Å². The fourth-order valence-electron chi connectivity index (χ4n) is 3.82. The van der Waals surface area contributed by atoms with E-state index in [-0.39, 0.29) is 17.1 Å². The second kappa shape index (κ2) is 9.39. The van der Waals surface area contributed by atoms with E-state index in [0.717, 1.165) is 22.3 Å². The molecule has 33 heavy (non-hydrogen) atoms. The molecular weight excluding hydrogens is 451 g/mol. The number of furan rings is 1. The summed E-state index contributed by atoms with van der Waals surface area (Å²) in [6, 6.07) is 6.99. The number of aryl methyl sites for hydroxylation is 1. The number of phosphoric ester groups is 1. The predicted molar refractivity (Wildman–Crippen MR) is 124 cm³/mol. The molecule has 0 aliphatic carbocycles. The summed E-state index contributed by atoms with van der Waals surface area (Å²) in [7, 11) is 1.12. The van der Waals surface area contributed by atoms with Crippen LogP contribution in [0.3, 0.4) is 0 Å². The SMILES string of the molecule is COc1cc(C(=C(C)C)c2c(C)oc3c(OP(=O)(O)O)c(OC)ccc23)cc(OC)c1OC. The monoisotopic (exact) mass is 478 g/mol. The maximum absolute atomic E-state index is 11.6. The van der Waals surface area contributed by atoms with Gasteiger partial charge in [-0.05, 0) is 56.2 Å². The third-order valence-corrected chi connectivity index (χ3v) is 5.51. The van der Waals surface area contributed by atoms with Crippen LogP contribution in [0.2, 0.25) is 0 Å². The summed E-state index contributed by atoms with van der Waals surface area (Å²) in [6.45, 7) is 5.67. The van der Waals surface area contributed by atoms with Gasteiger partial charge in [-0.25, -0.2) is 4.57 Å². The summed E-state index contributed by atoms with van der Waals surface area (Å²) in [5.41, 5.74) is 3.47. The lowest BCUT2D eigenvalue weighted by Gasteiger charge is -2.17. The topological polar surface area (TPSA) is 117 Å². The van der Waals surface area contributed by atoms with Gasteiger partial charge in [0.05, 0.1) is 28.4 Å². The molecular formula is C23H27O9P. The molecule has 1 heterocycles. The summed E-state index contributed by atoms with van der Waals surface area (Å²) in [6.07, 6.45) is 0. The molecule has 3 aromatic rings. The third-order valence-electron chi connectivity index (χ3n) is 5.09. The molecule has 178 valence electrons. The molecule has 2 aromatic carbocycles. The zero-order valence-electron chi connectivity index (χ0n) is 19.5. The van der Waals surface area contributed by atoms with Crippen molar-refractivity contribution in [2.45, 2.75) is 20.8 Å². The first-order valence-electron chi connectivity index (χ1n) is 9.89. The van der Waals surface area contributed by atoms with Crippen molar-refractivity contribution in [2.24, 2.45) is 0 Å². The predicted octanol–water partition coefficient (Wildman–Crippen LogP) is 5.09. The highest BCUT2D eigenvalue weighted by Gasteiger charge is 2.28. The summed E-state index contributed by atoms with van der Waals surface area (Å²) >= 11 is 0. The molecule has 2 N–H and O–H groups in total. The van der Waals surface area contributed by atoms with Gasteiger partial charge >= 0.3 is 7.82 Å². The Morgan fingerprint density at radius 2 is 1.45 bits per heavy atom. The Hall–Kier alpha value is -3.13. The van der Waals surface area contributed by atoms with Crippen LogP contribution < -0.4 is 23.5 Å². The Labute approximate surface area is 191 Å². The first kappa shape index (κ1) is 24.5. The maximum atomic E-state index is 11.6. The first-order valence-corrected chi connectivity index (χ1v) is 11.4. The van der Waals surface area contributed by atoms with Gasteiger partial charge in [0.25, 0.3) is 0 Å². The van der Waals surface area contributed by atoms with Gasteiger partial charge in [-0.2, -0.15) is 0 Å². The fourth-order valence-corrected chi connectivity index (χ4v) is 4.23. The van der Waals surface area contributed by atoms with Crippen LogP contribution in [0, 0.1) is 6.92 Å². The van der Waals surface area contributed by atoms with Crippen molar-refractivity contribution >= 4 is 24.4 Å². The molecule has 0 unspecified atom stereocenters. The molecule has 3 rings (SSSR count).